The number of hydrogen-bond donors (Lipinski definition) is 1. The molecular weight excluding hydrogens is 352 g/mol. The highest BCUT2D eigenvalue weighted by atomic mass is 16.5. The van der Waals surface area contributed by atoms with E-state index in [9.17, 15) is 4.79 Å². The Morgan fingerprint density at radius 2 is 1.89 bits per heavy atom. The Labute approximate surface area is 165 Å². The van der Waals surface area contributed by atoms with Crippen LogP contribution in [0.4, 0.5) is 17.2 Å². The van der Waals surface area contributed by atoms with Crippen molar-refractivity contribution in [1.29, 1.82) is 0 Å². The number of ether oxygens (including phenoxy) is 1. The highest BCUT2D eigenvalue weighted by Gasteiger charge is 2.18. The molecule has 3 aromatic rings. The van der Waals surface area contributed by atoms with Gasteiger partial charge in [-0.2, -0.15) is 0 Å². The van der Waals surface area contributed by atoms with Crippen LogP contribution in [0, 0.1) is 6.92 Å². The van der Waals surface area contributed by atoms with Crippen molar-refractivity contribution in [2.45, 2.75) is 20.8 Å². The largest absolute Gasteiger partial charge is 0.492 e. The van der Waals surface area contributed by atoms with E-state index in [0.717, 1.165) is 22.7 Å². The maximum atomic E-state index is 12.9. The van der Waals surface area contributed by atoms with Gasteiger partial charge in [0.2, 0.25) is 0 Å². The number of hydrogen-bond acceptors (Lipinski definition) is 5. The Morgan fingerprint density at radius 3 is 2.57 bits per heavy atom. The summed E-state index contributed by atoms with van der Waals surface area (Å²) in [6, 6.07) is 15.5. The molecule has 1 N–H and O–H groups in total. The summed E-state index contributed by atoms with van der Waals surface area (Å²) in [7, 11) is 0. The summed E-state index contributed by atoms with van der Waals surface area (Å²) >= 11 is 0. The molecule has 0 aliphatic rings. The SMILES string of the molecule is CCOc1ccccc1Nc1cnc(C(=O)N(CC)c2cccc(C)c2)cn1. The molecular formula is C22H24N4O2. The number of anilines is 3. The van der Waals surface area contributed by atoms with Crippen molar-refractivity contribution in [3.8, 4) is 5.75 Å². The zero-order chi connectivity index (χ0) is 19.9. The standard InChI is InChI=1S/C22H24N4O2/c1-4-26(17-10-8-9-16(3)13-17)22(27)19-14-24-21(15-23-19)25-18-11-6-7-12-20(18)28-5-2/h6-15H,4-5H2,1-3H3,(H,24,25). The molecule has 3 rings (SSSR count). The van der Waals surface area contributed by atoms with Gasteiger partial charge in [-0.25, -0.2) is 9.97 Å². The summed E-state index contributed by atoms with van der Waals surface area (Å²) < 4.78 is 5.60. The third-order valence-corrected chi connectivity index (χ3v) is 4.20. The van der Waals surface area contributed by atoms with Crippen molar-refractivity contribution < 1.29 is 9.53 Å². The number of nitrogens with zero attached hydrogens (tertiary/aromatic N) is 3. The minimum atomic E-state index is -0.179. The fraction of sp³-hybridized carbons (Fsp3) is 0.227. The highest BCUT2D eigenvalue weighted by Crippen LogP contribution is 2.26. The molecule has 6 nitrogen and oxygen atoms in total. The maximum absolute atomic E-state index is 12.9. The average Bonchev–Trinajstić information content (AvgIpc) is 2.71. The lowest BCUT2D eigenvalue weighted by Crippen LogP contribution is -2.31. The third-order valence-electron chi connectivity index (χ3n) is 4.20. The third kappa shape index (κ3) is 4.46. The molecule has 1 heterocycles. The number of rotatable bonds is 7. The van der Waals surface area contributed by atoms with Crippen LogP contribution in [-0.4, -0.2) is 29.0 Å². The van der Waals surface area contributed by atoms with E-state index in [1.807, 2.05) is 69.3 Å². The van der Waals surface area contributed by atoms with E-state index < -0.39 is 0 Å². The Bertz CT molecular complexity index is 941. The second-order valence-corrected chi connectivity index (χ2v) is 6.23. The number of nitrogens with one attached hydrogen (secondary N) is 1. The van der Waals surface area contributed by atoms with Crippen molar-refractivity contribution in [1.82, 2.24) is 9.97 Å². The predicted octanol–water partition coefficient (Wildman–Crippen LogP) is 4.59. The van der Waals surface area contributed by atoms with Gasteiger partial charge in [0.15, 0.2) is 0 Å². The topological polar surface area (TPSA) is 67.3 Å². The van der Waals surface area contributed by atoms with Crippen LogP contribution in [0.15, 0.2) is 60.9 Å². The summed E-state index contributed by atoms with van der Waals surface area (Å²) in [5, 5.41) is 3.18. The highest BCUT2D eigenvalue weighted by molar-refractivity contribution is 6.04. The van der Waals surface area contributed by atoms with Gasteiger partial charge in [-0.3, -0.25) is 4.79 Å². The van der Waals surface area contributed by atoms with E-state index in [2.05, 4.69) is 15.3 Å². The van der Waals surface area contributed by atoms with Gasteiger partial charge in [-0.05, 0) is 50.6 Å². The molecule has 28 heavy (non-hydrogen) atoms. The normalized spacial score (nSPS) is 10.4. The van der Waals surface area contributed by atoms with Gasteiger partial charge in [0.05, 0.1) is 24.7 Å². The quantitative estimate of drug-likeness (QED) is 0.653. The molecule has 1 aromatic heterocycles. The van der Waals surface area contributed by atoms with Crippen LogP contribution in [0.5, 0.6) is 5.75 Å². The van der Waals surface area contributed by atoms with Crippen molar-refractivity contribution in [3.05, 3.63) is 72.2 Å². The zero-order valence-corrected chi connectivity index (χ0v) is 16.3. The molecule has 0 unspecified atom stereocenters. The van der Waals surface area contributed by atoms with Crippen LogP contribution in [-0.2, 0) is 0 Å². The molecule has 0 spiro atoms. The Balaban J connectivity index is 1.77. The number of aryl methyl sites for hydroxylation is 1. The first-order chi connectivity index (χ1) is 13.6. The number of aromatic nitrogens is 2. The Hall–Kier alpha value is -3.41. The van der Waals surface area contributed by atoms with E-state index in [-0.39, 0.29) is 5.91 Å². The van der Waals surface area contributed by atoms with E-state index in [1.54, 1.807) is 11.1 Å². The van der Waals surface area contributed by atoms with Gasteiger partial charge in [-0.15, -0.1) is 0 Å². The number of amides is 1. The maximum Gasteiger partial charge on any atom is 0.278 e. The van der Waals surface area contributed by atoms with E-state index in [1.165, 1.54) is 6.20 Å². The number of carbonyl (C=O) groups is 1. The van der Waals surface area contributed by atoms with Crippen LogP contribution < -0.4 is 15.0 Å². The van der Waals surface area contributed by atoms with Crippen LogP contribution in [0.1, 0.15) is 29.9 Å². The minimum absolute atomic E-state index is 0.179. The minimum Gasteiger partial charge on any atom is -0.492 e. The Morgan fingerprint density at radius 1 is 1.07 bits per heavy atom. The van der Waals surface area contributed by atoms with E-state index >= 15 is 0 Å². The van der Waals surface area contributed by atoms with Crippen molar-refractivity contribution >= 4 is 23.1 Å². The molecule has 2 aromatic carbocycles. The molecule has 0 bridgehead atoms. The first-order valence-electron chi connectivity index (χ1n) is 9.31. The number of benzene rings is 2. The van der Waals surface area contributed by atoms with Crippen molar-refractivity contribution in [2.75, 3.05) is 23.4 Å². The second kappa shape index (κ2) is 8.99. The molecule has 0 radical (unpaired) electrons. The molecule has 0 saturated heterocycles. The summed E-state index contributed by atoms with van der Waals surface area (Å²) in [6.07, 6.45) is 3.05. The monoisotopic (exact) mass is 376 g/mol. The molecule has 0 fully saturated rings. The first-order valence-corrected chi connectivity index (χ1v) is 9.31. The summed E-state index contributed by atoms with van der Waals surface area (Å²) in [6.45, 7) is 7.00. The molecule has 0 atom stereocenters. The van der Waals surface area contributed by atoms with Crippen LogP contribution in [0.2, 0.25) is 0 Å². The van der Waals surface area contributed by atoms with Crippen LogP contribution in [0.25, 0.3) is 0 Å². The van der Waals surface area contributed by atoms with Crippen molar-refractivity contribution in [3.63, 3.8) is 0 Å². The number of para-hydroxylation sites is 2. The summed E-state index contributed by atoms with van der Waals surface area (Å²) in [5.74, 6) is 1.10. The number of carbonyl (C=O) groups excluding carboxylic acids is 1. The van der Waals surface area contributed by atoms with Gasteiger partial charge < -0.3 is 15.0 Å². The zero-order valence-electron chi connectivity index (χ0n) is 16.3. The fourth-order valence-corrected chi connectivity index (χ4v) is 2.87. The van der Waals surface area contributed by atoms with Gasteiger partial charge in [0.25, 0.3) is 5.91 Å². The molecule has 0 aliphatic carbocycles. The summed E-state index contributed by atoms with van der Waals surface area (Å²) in [5.41, 5.74) is 3.05. The van der Waals surface area contributed by atoms with Gasteiger partial charge in [0, 0.05) is 12.2 Å². The smallest absolute Gasteiger partial charge is 0.278 e. The fourth-order valence-electron chi connectivity index (χ4n) is 2.87. The molecule has 6 heteroatoms. The molecule has 0 saturated carbocycles. The lowest BCUT2D eigenvalue weighted by Gasteiger charge is -2.21. The van der Waals surface area contributed by atoms with E-state index in [4.69, 9.17) is 4.74 Å². The summed E-state index contributed by atoms with van der Waals surface area (Å²) in [4.78, 5) is 23.2. The Kier molecular flexibility index (Phi) is 6.22. The van der Waals surface area contributed by atoms with Gasteiger partial charge in [0.1, 0.15) is 17.3 Å². The average molecular weight is 376 g/mol. The molecule has 144 valence electrons. The lowest BCUT2D eigenvalue weighted by atomic mass is 10.2. The van der Waals surface area contributed by atoms with Gasteiger partial charge >= 0.3 is 0 Å². The molecule has 1 amide bonds. The predicted molar refractivity (Wildman–Crippen MR) is 111 cm³/mol. The van der Waals surface area contributed by atoms with E-state index in [0.29, 0.717) is 24.7 Å². The molecule has 0 aliphatic heterocycles. The first kappa shape index (κ1) is 19.4. The van der Waals surface area contributed by atoms with Crippen LogP contribution >= 0.6 is 0 Å². The van der Waals surface area contributed by atoms with Crippen LogP contribution in [0.3, 0.4) is 0 Å². The van der Waals surface area contributed by atoms with Crippen molar-refractivity contribution in [2.24, 2.45) is 0 Å². The van der Waals surface area contributed by atoms with Gasteiger partial charge in [-0.1, -0.05) is 24.3 Å². The second-order valence-electron chi connectivity index (χ2n) is 6.23. The lowest BCUT2D eigenvalue weighted by molar-refractivity contribution is 0.0983.